The van der Waals surface area contributed by atoms with Crippen molar-refractivity contribution in [2.75, 3.05) is 0 Å². The monoisotopic (exact) mass is 314 g/mol. The van der Waals surface area contributed by atoms with Crippen LogP contribution in [0.1, 0.15) is 12.8 Å². The van der Waals surface area contributed by atoms with Crippen LogP contribution in [-0.4, -0.2) is 23.1 Å². The second kappa shape index (κ2) is 4.68. The third-order valence-corrected chi connectivity index (χ3v) is 3.08. The van der Waals surface area contributed by atoms with Crippen molar-refractivity contribution in [2.24, 2.45) is 5.41 Å². The molecule has 1 rings (SSSR count). The van der Waals surface area contributed by atoms with Gasteiger partial charge in [-0.1, -0.05) is 0 Å². The van der Waals surface area contributed by atoms with E-state index in [1.807, 2.05) is 0 Å². The molecule has 0 aromatic rings. The van der Waals surface area contributed by atoms with Crippen LogP contribution in [0.4, 0.5) is 39.5 Å². The van der Waals surface area contributed by atoms with Crippen molar-refractivity contribution >= 4 is 0 Å². The SMILES string of the molecule is OC(C(F)(F)F)(C(F)(F)F)C1(CC=C(F)F)C=C(F)C1. The zero-order valence-corrected chi connectivity index (χ0v) is 9.42. The lowest BCUT2D eigenvalue weighted by atomic mass is 9.60. The molecule has 116 valence electrons. The predicted molar refractivity (Wildman–Crippen MR) is 48.2 cm³/mol. The van der Waals surface area contributed by atoms with Gasteiger partial charge in [0.25, 0.3) is 11.7 Å². The second-order valence-corrected chi connectivity index (χ2v) is 4.33. The Bertz CT molecular complexity index is 427. The van der Waals surface area contributed by atoms with Gasteiger partial charge in [-0.25, -0.2) is 4.39 Å². The molecule has 0 heterocycles. The highest BCUT2D eigenvalue weighted by atomic mass is 19.4. The van der Waals surface area contributed by atoms with E-state index in [9.17, 15) is 39.5 Å². The maximum atomic E-state index is 12.7. The predicted octanol–water partition coefficient (Wildman–Crippen LogP) is 4.26. The summed E-state index contributed by atoms with van der Waals surface area (Å²) in [5, 5.41) is 9.15. The van der Waals surface area contributed by atoms with Crippen LogP contribution in [0.15, 0.2) is 24.1 Å². The summed E-state index contributed by atoms with van der Waals surface area (Å²) in [7, 11) is 0. The van der Waals surface area contributed by atoms with Crippen LogP contribution in [0.25, 0.3) is 0 Å². The lowest BCUT2D eigenvalue weighted by molar-refractivity contribution is -0.400. The number of aliphatic hydroxyl groups is 1. The Labute approximate surface area is 106 Å². The minimum atomic E-state index is -6.21. The molecule has 1 aliphatic rings. The Morgan fingerprint density at radius 3 is 1.80 bits per heavy atom. The quantitative estimate of drug-likeness (QED) is 0.772. The average molecular weight is 314 g/mol. The Hall–Kier alpha value is -1.19. The molecule has 0 amide bonds. The van der Waals surface area contributed by atoms with Gasteiger partial charge >= 0.3 is 12.4 Å². The first-order valence-corrected chi connectivity index (χ1v) is 5.01. The minimum absolute atomic E-state index is 0.118. The van der Waals surface area contributed by atoms with Crippen LogP contribution in [0, 0.1) is 5.41 Å². The van der Waals surface area contributed by atoms with E-state index in [2.05, 4.69) is 0 Å². The summed E-state index contributed by atoms with van der Waals surface area (Å²) in [4.78, 5) is 0. The molecule has 0 radical (unpaired) electrons. The molecule has 0 aromatic heterocycles. The molecular formula is C10H7F9O. The number of rotatable bonds is 3. The Balaban J connectivity index is 3.41. The Morgan fingerprint density at radius 2 is 1.55 bits per heavy atom. The molecule has 1 unspecified atom stereocenters. The summed E-state index contributed by atoms with van der Waals surface area (Å²) >= 11 is 0. The van der Waals surface area contributed by atoms with E-state index < -0.39 is 48.1 Å². The van der Waals surface area contributed by atoms with E-state index in [4.69, 9.17) is 5.11 Å². The summed E-state index contributed by atoms with van der Waals surface area (Å²) < 4.78 is 112. The molecular weight excluding hydrogens is 307 g/mol. The topological polar surface area (TPSA) is 20.2 Å². The summed E-state index contributed by atoms with van der Waals surface area (Å²) in [6.07, 6.45) is -18.2. The first-order valence-electron chi connectivity index (χ1n) is 5.01. The molecule has 0 fully saturated rings. The molecule has 1 N–H and O–H groups in total. The minimum Gasteiger partial charge on any atom is -0.373 e. The van der Waals surface area contributed by atoms with Crippen LogP contribution in [-0.2, 0) is 0 Å². The summed E-state index contributed by atoms with van der Waals surface area (Å²) in [6.45, 7) is 0. The second-order valence-electron chi connectivity index (χ2n) is 4.33. The van der Waals surface area contributed by atoms with E-state index in [1.165, 1.54) is 0 Å². The van der Waals surface area contributed by atoms with Gasteiger partial charge in [-0.05, 0) is 18.6 Å². The maximum absolute atomic E-state index is 12.7. The van der Waals surface area contributed by atoms with Crippen molar-refractivity contribution in [1.82, 2.24) is 0 Å². The lowest BCUT2D eigenvalue weighted by Gasteiger charge is -2.49. The molecule has 0 saturated carbocycles. The Kier molecular flexibility index (Phi) is 3.94. The fourth-order valence-electron chi connectivity index (χ4n) is 2.07. The van der Waals surface area contributed by atoms with Crippen molar-refractivity contribution in [1.29, 1.82) is 0 Å². The van der Waals surface area contributed by atoms with Crippen LogP contribution in [0.2, 0.25) is 0 Å². The zero-order valence-electron chi connectivity index (χ0n) is 9.42. The van der Waals surface area contributed by atoms with Gasteiger partial charge in [0.15, 0.2) is 0 Å². The van der Waals surface area contributed by atoms with Crippen molar-refractivity contribution in [3.63, 3.8) is 0 Å². The van der Waals surface area contributed by atoms with Crippen molar-refractivity contribution in [2.45, 2.75) is 30.8 Å². The van der Waals surface area contributed by atoms with E-state index >= 15 is 0 Å². The highest BCUT2D eigenvalue weighted by molar-refractivity contribution is 5.30. The fourth-order valence-corrected chi connectivity index (χ4v) is 2.07. The fraction of sp³-hybridized carbons (Fsp3) is 0.600. The third kappa shape index (κ3) is 2.40. The molecule has 0 spiro atoms. The van der Waals surface area contributed by atoms with Crippen LogP contribution in [0.3, 0.4) is 0 Å². The molecule has 0 bridgehead atoms. The molecule has 0 saturated heterocycles. The molecule has 1 aliphatic carbocycles. The van der Waals surface area contributed by atoms with Crippen molar-refractivity contribution < 1.29 is 44.6 Å². The third-order valence-electron chi connectivity index (χ3n) is 3.08. The van der Waals surface area contributed by atoms with Gasteiger partial charge in [0.05, 0.1) is 5.83 Å². The van der Waals surface area contributed by atoms with Gasteiger partial charge in [0.2, 0.25) is 0 Å². The van der Waals surface area contributed by atoms with E-state index in [0.717, 1.165) is 0 Å². The highest BCUT2D eigenvalue weighted by Gasteiger charge is 2.79. The van der Waals surface area contributed by atoms with Crippen LogP contribution in [0.5, 0.6) is 0 Å². The first kappa shape index (κ1) is 16.9. The summed E-state index contributed by atoms with van der Waals surface area (Å²) in [5.74, 6) is -1.34. The zero-order chi connectivity index (χ0) is 16.0. The number of allylic oxidation sites excluding steroid dienone is 2. The number of hydrogen-bond acceptors (Lipinski definition) is 1. The Morgan fingerprint density at radius 1 is 1.15 bits per heavy atom. The van der Waals surface area contributed by atoms with Gasteiger partial charge in [0, 0.05) is 11.8 Å². The number of halogens is 9. The van der Waals surface area contributed by atoms with Crippen molar-refractivity contribution in [3.8, 4) is 0 Å². The van der Waals surface area contributed by atoms with E-state index in [-0.39, 0.29) is 12.2 Å². The largest absolute Gasteiger partial charge is 0.427 e. The summed E-state index contributed by atoms with van der Waals surface area (Å²) in [5.41, 5.74) is -8.55. The average Bonchev–Trinajstić information content (AvgIpc) is 2.17. The van der Waals surface area contributed by atoms with Crippen LogP contribution >= 0.6 is 0 Å². The molecule has 0 aliphatic heterocycles. The standard InChI is InChI=1S/C10H7F9O/c11-5-3-7(4-5,2-1-6(12)13)8(20,9(14,15)16)10(17,18)19/h1,3,20H,2,4H2. The van der Waals surface area contributed by atoms with Crippen molar-refractivity contribution in [3.05, 3.63) is 24.1 Å². The molecule has 20 heavy (non-hydrogen) atoms. The van der Waals surface area contributed by atoms with Gasteiger partial charge in [-0.15, -0.1) is 0 Å². The number of alkyl halides is 6. The first-order chi connectivity index (χ1) is 8.77. The van der Waals surface area contributed by atoms with E-state index in [1.54, 1.807) is 0 Å². The van der Waals surface area contributed by atoms with E-state index in [0.29, 0.717) is 0 Å². The smallest absolute Gasteiger partial charge is 0.373 e. The molecule has 1 nitrogen and oxygen atoms in total. The highest BCUT2D eigenvalue weighted by Crippen LogP contribution is 2.61. The number of hydrogen-bond donors (Lipinski definition) is 1. The van der Waals surface area contributed by atoms with Gasteiger partial charge in [-0.3, -0.25) is 0 Å². The summed E-state index contributed by atoms with van der Waals surface area (Å²) in [6, 6.07) is 0. The molecule has 10 heteroatoms. The van der Waals surface area contributed by atoms with Gasteiger partial charge < -0.3 is 5.11 Å². The maximum Gasteiger partial charge on any atom is 0.427 e. The molecule has 1 atom stereocenters. The van der Waals surface area contributed by atoms with Gasteiger partial charge in [0.1, 0.15) is 0 Å². The lowest BCUT2D eigenvalue weighted by Crippen LogP contribution is -2.68. The van der Waals surface area contributed by atoms with Gasteiger partial charge in [-0.2, -0.15) is 35.1 Å². The normalized spacial score (nSPS) is 24.0. The van der Waals surface area contributed by atoms with Crippen LogP contribution < -0.4 is 0 Å². The molecule has 0 aromatic carbocycles.